The molecular formula is C61H116N2O6P+. The molecule has 0 radical (unpaired) electrons. The fourth-order valence-corrected chi connectivity index (χ4v) is 9.25. The van der Waals surface area contributed by atoms with E-state index in [4.69, 9.17) is 9.05 Å². The lowest BCUT2D eigenvalue weighted by Crippen LogP contribution is -2.45. The number of carbonyl (C=O) groups excluding carboxylic acids is 1. The van der Waals surface area contributed by atoms with Gasteiger partial charge in [0.2, 0.25) is 5.91 Å². The summed E-state index contributed by atoms with van der Waals surface area (Å²) in [6, 6.07) is -0.874. The highest BCUT2D eigenvalue weighted by molar-refractivity contribution is 7.47. The van der Waals surface area contributed by atoms with Gasteiger partial charge in [0.1, 0.15) is 13.2 Å². The predicted molar refractivity (Wildman–Crippen MR) is 304 cm³/mol. The number of aliphatic hydroxyl groups is 1. The highest BCUT2D eigenvalue weighted by atomic mass is 31.2. The number of quaternary nitrogens is 1. The van der Waals surface area contributed by atoms with Crippen LogP contribution in [0.25, 0.3) is 0 Å². The Morgan fingerprint density at radius 1 is 0.486 bits per heavy atom. The van der Waals surface area contributed by atoms with E-state index in [2.05, 4.69) is 67.8 Å². The van der Waals surface area contributed by atoms with Gasteiger partial charge in [-0.15, -0.1) is 0 Å². The SMILES string of the molecule is CCCCCCCCCCC/C=C\C/C=C\CCCCCCCCCCCCCC(=O)NC(COP(=O)(O)OCC[N+](C)(C)C)C(O)/C=C/CC/C=C/CC/C=C/CCCCCCCCCCCCC. The number of rotatable bonds is 54. The number of hydrogen-bond donors (Lipinski definition) is 3. The molecule has 0 fully saturated rings. The summed E-state index contributed by atoms with van der Waals surface area (Å²) in [5.74, 6) is -0.192. The van der Waals surface area contributed by atoms with Crippen LogP contribution in [0.5, 0.6) is 0 Å². The molecule has 3 atom stereocenters. The van der Waals surface area contributed by atoms with Crippen molar-refractivity contribution >= 4 is 13.7 Å². The van der Waals surface area contributed by atoms with Crippen LogP contribution in [0, 0.1) is 0 Å². The average molecular weight is 1000 g/mol. The Balaban J connectivity index is 4.25. The molecule has 0 aliphatic rings. The molecule has 0 aromatic carbocycles. The van der Waals surface area contributed by atoms with Crippen molar-refractivity contribution in [2.75, 3.05) is 40.9 Å². The van der Waals surface area contributed by atoms with Gasteiger partial charge in [-0.2, -0.15) is 0 Å². The summed E-state index contributed by atoms with van der Waals surface area (Å²) in [4.78, 5) is 23.3. The smallest absolute Gasteiger partial charge is 0.387 e. The fourth-order valence-electron chi connectivity index (χ4n) is 8.52. The number of amides is 1. The van der Waals surface area contributed by atoms with Crippen molar-refractivity contribution in [3.8, 4) is 0 Å². The number of unbranched alkanes of at least 4 members (excludes halogenated alkanes) is 33. The first-order valence-electron chi connectivity index (χ1n) is 29.7. The van der Waals surface area contributed by atoms with Gasteiger partial charge in [0.15, 0.2) is 0 Å². The number of allylic oxidation sites excluding steroid dienone is 9. The molecule has 1 amide bonds. The van der Waals surface area contributed by atoms with E-state index in [9.17, 15) is 19.4 Å². The summed E-state index contributed by atoms with van der Waals surface area (Å²) in [5, 5.41) is 13.9. The highest BCUT2D eigenvalue weighted by Crippen LogP contribution is 2.43. The van der Waals surface area contributed by atoms with Gasteiger partial charge in [0.05, 0.1) is 39.9 Å². The first kappa shape index (κ1) is 68.2. The average Bonchev–Trinajstić information content (AvgIpc) is 3.32. The van der Waals surface area contributed by atoms with Gasteiger partial charge in [-0.3, -0.25) is 13.8 Å². The van der Waals surface area contributed by atoms with E-state index in [1.165, 1.54) is 199 Å². The monoisotopic (exact) mass is 1000 g/mol. The molecule has 0 spiro atoms. The number of nitrogens with zero attached hydrogens (tertiary/aromatic N) is 1. The Labute approximate surface area is 434 Å². The van der Waals surface area contributed by atoms with E-state index in [0.29, 0.717) is 17.4 Å². The van der Waals surface area contributed by atoms with Crippen LogP contribution in [0.2, 0.25) is 0 Å². The van der Waals surface area contributed by atoms with E-state index >= 15 is 0 Å². The van der Waals surface area contributed by atoms with Crippen LogP contribution in [0.3, 0.4) is 0 Å². The van der Waals surface area contributed by atoms with Crippen molar-refractivity contribution in [3.63, 3.8) is 0 Å². The lowest BCUT2D eigenvalue weighted by Gasteiger charge is -2.25. The summed E-state index contributed by atoms with van der Waals surface area (Å²) >= 11 is 0. The molecule has 0 saturated heterocycles. The zero-order valence-electron chi connectivity index (χ0n) is 46.8. The van der Waals surface area contributed by atoms with Crippen molar-refractivity contribution in [2.45, 2.75) is 283 Å². The highest BCUT2D eigenvalue weighted by Gasteiger charge is 2.27. The summed E-state index contributed by atoms with van der Waals surface area (Å²) in [6.07, 6.45) is 70.4. The number of phosphoric ester groups is 1. The molecule has 8 nitrogen and oxygen atoms in total. The maximum atomic E-state index is 13.0. The molecule has 0 heterocycles. The minimum atomic E-state index is -4.36. The molecule has 0 bridgehead atoms. The second kappa shape index (κ2) is 52.1. The predicted octanol–water partition coefficient (Wildman–Crippen LogP) is 18.1. The third-order valence-corrected chi connectivity index (χ3v) is 14.2. The van der Waals surface area contributed by atoms with Crippen molar-refractivity contribution < 1.29 is 32.9 Å². The Kier molecular flexibility index (Phi) is 50.7. The minimum absolute atomic E-state index is 0.0517. The Morgan fingerprint density at radius 2 is 0.829 bits per heavy atom. The van der Waals surface area contributed by atoms with E-state index in [1.54, 1.807) is 6.08 Å². The minimum Gasteiger partial charge on any atom is -0.387 e. The molecule has 9 heteroatoms. The van der Waals surface area contributed by atoms with Gasteiger partial charge in [-0.25, -0.2) is 4.57 Å². The number of hydrogen-bond acceptors (Lipinski definition) is 5. The Morgan fingerprint density at radius 3 is 1.23 bits per heavy atom. The molecule has 70 heavy (non-hydrogen) atoms. The van der Waals surface area contributed by atoms with E-state index in [-0.39, 0.29) is 19.1 Å². The van der Waals surface area contributed by atoms with Gasteiger partial charge in [0, 0.05) is 6.42 Å². The Hall–Kier alpha value is -1.80. The number of phosphoric acid groups is 1. The maximum Gasteiger partial charge on any atom is 0.472 e. The second-order valence-corrected chi connectivity index (χ2v) is 22.8. The topological polar surface area (TPSA) is 105 Å². The van der Waals surface area contributed by atoms with Crippen molar-refractivity contribution in [1.82, 2.24) is 5.32 Å². The summed E-state index contributed by atoms with van der Waals surface area (Å²) < 4.78 is 23.7. The van der Waals surface area contributed by atoms with Crippen LogP contribution in [0.15, 0.2) is 60.8 Å². The van der Waals surface area contributed by atoms with Crippen LogP contribution >= 0.6 is 7.82 Å². The molecule has 0 aliphatic heterocycles. The molecule has 3 N–H and O–H groups in total. The zero-order valence-corrected chi connectivity index (χ0v) is 47.7. The van der Waals surface area contributed by atoms with Crippen molar-refractivity contribution in [3.05, 3.63) is 60.8 Å². The third-order valence-electron chi connectivity index (χ3n) is 13.2. The number of carbonyl (C=O) groups is 1. The van der Waals surface area contributed by atoms with Crippen molar-refractivity contribution in [2.24, 2.45) is 0 Å². The molecule has 0 aromatic rings. The normalized spacial score (nSPS) is 14.3. The van der Waals surface area contributed by atoms with Crippen molar-refractivity contribution in [1.29, 1.82) is 0 Å². The second-order valence-electron chi connectivity index (χ2n) is 21.3. The Bertz CT molecular complexity index is 1320. The third kappa shape index (κ3) is 54.0. The summed E-state index contributed by atoms with van der Waals surface area (Å²) in [6.45, 7) is 4.81. The lowest BCUT2D eigenvalue weighted by atomic mass is 10.0. The number of nitrogens with one attached hydrogen (secondary N) is 1. The van der Waals surface area contributed by atoms with Gasteiger partial charge < -0.3 is 19.8 Å². The van der Waals surface area contributed by atoms with Crippen LogP contribution in [-0.2, 0) is 18.4 Å². The summed E-state index contributed by atoms with van der Waals surface area (Å²) in [5.41, 5.74) is 0. The van der Waals surface area contributed by atoms with Gasteiger partial charge in [-0.1, -0.05) is 248 Å². The molecule has 0 rings (SSSR count). The zero-order chi connectivity index (χ0) is 51.3. The largest absolute Gasteiger partial charge is 0.472 e. The first-order valence-corrected chi connectivity index (χ1v) is 31.2. The number of aliphatic hydroxyl groups excluding tert-OH is 1. The van der Waals surface area contributed by atoms with Gasteiger partial charge in [0.25, 0.3) is 0 Å². The van der Waals surface area contributed by atoms with Crippen LogP contribution < -0.4 is 5.32 Å². The molecular weight excluding hydrogens is 888 g/mol. The van der Waals surface area contributed by atoms with Gasteiger partial charge in [-0.05, 0) is 77.0 Å². The molecule has 0 aliphatic carbocycles. The van der Waals surface area contributed by atoms with E-state index in [0.717, 1.165) is 51.4 Å². The summed E-state index contributed by atoms with van der Waals surface area (Å²) in [7, 11) is 1.55. The standard InChI is InChI=1S/C61H115N2O6P/c1-6-8-10-12-14-16-18-20-22-24-26-28-29-30-31-32-33-35-37-39-41-43-45-47-49-51-53-55-61(65)62-59(58-69-70(66,67)68-57-56-63(3,4)5)60(64)54-52-50-48-46-44-42-40-38-36-34-27-25-23-21-19-17-15-13-11-9-7-2/h26,28,30-31,36,38,44,46,52,54,59-60,64H,6-25,27,29,32-35,37,39-43,45,47-51,53,55-58H2,1-5H3,(H-,62,65,66,67)/p+1/b28-26-,31-30-,38-36+,46-44+,54-52+. The molecule has 410 valence electrons. The van der Waals surface area contributed by atoms with E-state index in [1.807, 2.05) is 27.2 Å². The maximum absolute atomic E-state index is 13.0. The van der Waals surface area contributed by atoms with Gasteiger partial charge >= 0.3 is 7.82 Å². The first-order chi connectivity index (χ1) is 34.0. The van der Waals surface area contributed by atoms with Crippen LogP contribution in [0.4, 0.5) is 0 Å². The van der Waals surface area contributed by atoms with Crippen LogP contribution in [-0.4, -0.2) is 73.4 Å². The lowest BCUT2D eigenvalue weighted by molar-refractivity contribution is -0.870. The fraction of sp³-hybridized carbons (Fsp3) is 0.820. The quantitative estimate of drug-likeness (QED) is 0.0243. The molecule has 0 aromatic heterocycles. The number of likely N-dealkylation sites (N-methyl/N-ethyl adjacent to an activating group) is 1. The van der Waals surface area contributed by atoms with E-state index < -0.39 is 20.0 Å². The molecule has 0 saturated carbocycles. The van der Waals surface area contributed by atoms with Crippen LogP contribution in [0.1, 0.15) is 271 Å². The molecule has 3 unspecified atom stereocenters.